The van der Waals surface area contributed by atoms with Gasteiger partial charge in [-0.15, -0.1) is 0 Å². The zero-order chi connectivity index (χ0) is 21.6. The summed E-state index contributed by atoms with van der Waals surface area (Å²) in [5.41, 5.74) is 0.938. The van der Waals surface area contributed by atoms with Crippen LogP contribution < -0.4 is 0 Å². The molecule has 160 valence electrons. The maximum atomic E-state index is 13.5. The molecular weight excluding hydrogens is 431 g/mol. The molecule has 1 aliphatic heterocycles. The van der Waals surface area contributed by atoms with Gasteiger partial charge in [0.15, 0.2) is 11.0 Å². The van der Waals surface area contributed by atoms with E-state index in [1.165, 1.54) is 6.92 Å². The van der Waals surface area contributed by atoms with Gasteiger partial charge < -0.3 is 4.74 Å². The maximum absolute atomic E-state index is 13.5. The van der Waals surface area contributed by atoms with E-state index in [1.54, 1.807) is 40.6 Å². The van der Waals surface area contributed by atoms with Gasteiger partial charge in [-0.1, -0.05) is 55.6 Å². The highest BCUT2D eigenvalue weighted by Crippen LogP contribution is 2.41. The topological polar surface area (TPSA) is 49.9 Å². The van der Waals surface area contributed by atoms with Crippen LogP contribution in [0.5, 0.6) is 0 Å². The molecule has 2 unspecified atom stereocenters. The molecule has 0 saturated carbocycles. The molecule has 1 aromatic rings. The van der Waals surface area contributed by atoms with Crippen molar-refractivity contribution < 1.29 is 13.7 Å². The Labute approximate surface area is 185 Å². The van der Waals surface area contributed by atoms with Crippen molar-refractivity contribution in [3.8, 4) is 0 Å². The number of ether oxygens (including phenoxy) is 1. The van der Waals surface area contributed by atoms with Crippen molar-refractivity contribution in [2.75, 3.05) is 20.3 Å². The van der Waals surface area contributed by atoms with Gasteiger partial charge in [-0.3, -0.25) is 14.0 Å². The number of amides is 1. The van der Waals surface area contributed by atoms with Gasteiger partial charge >= 0.3 is 0 Å². The van der Waals surface area contributed by atoms with Gasteiger partial charge in [-0.25, -0.2) is 4.21 Å². The van der Waals surface area contributed by atoms with Crippen molar-refractivity contribution in [3.63, 3.8) is 0 Å². The van der Waals surface area contributed by atoms with E-state index in [1.807, 2.05) is 0 Å². The summed E-state index contributed by atoms with van der Waals surface area (Å²) in [5.74, 6) is 0.523. The first-order valence-electron chi connectivity index (χ1n) is 9.66. The summed E-state index contributed by atoms with van der Waals surface area (Å²) in [4.78, 5) is 14.6. The van der Waals surface area contributed by atoms with Crippen LogP contribution in [-0.2, 0) is 20.5 Å². The Kier molecular flexibility index (Phi) is 9.21. The minimum Gasteiger partial charge on any atom is -0.385 e. The van der Waals surface area contributed by atoms with Crippen LogP contribution in [0.25, 0.3) is 0 Å². The molecule has 1 amide bonds. The van der Waals surface area contributed by atoms with Crippen molar-refractivity contribution in [3.05, 3.63) is 52.3 Å². The molecule has 29 heavy (non-hydrogen) atoms. The summed E-state index contributed by atoms with van der Waals surface area (Å²) in [6.07, 6.45) is 5.26. The van der Waals surface area contributed by atoms with Crippen LogP contribution in [0.3, 0.4) is 0 Å². The van der Waals surface area contributed by atoms with Gasteiger partial charge in [0.1, 0.15) is 5.82 Å². The predicted octanol–water partition coefficient (Wildman–Crippen LogP) is 5.17. The number of carbonyl (C=O) groups excluding carboxylic acids is 1. The lowest BCUT2D eigenvalue weighted by Gasteiger charge is -2.48. The van der Waals surface area contributed by atoms with Crippen LogP contribution >= 0.6 is 23.2 Å². The zero-order valence-electron chi connectivity index (χ0n) is 17.1. The van der Waals surface area contributed by atoms with E-state index in [9.17, 15) is 9.00 Å². The van der Waals surface area contributed by atoms with E-state index in [-0.39, 0.29) is 11.9 Å². The summed E-state index contributed by atoms with van der Waals surface area (Å²) in [5, 5.41) is 0.842. The lowest BCUT2D eigenvalue weighted by atomic mass is 9.94. The van der Waals surface area contributed by atoms with Crippen LogP contribution in [0.2, 0.25) is 10.0 Å². The smallest absolute Gasteiger partial charge is 0.224 e. The third-order valence-corrected chi connectivity index (χ3v) is 6.60. The second-order valence-corrected chi connectivity index (χ2v) is 9.07. The monoisotopic (exact) mass is 458 g/mol. The Hall–Kier alpha value is -1.34. The van der Waals surface area contributed by atoms with E-state index in [2.05, 4.69) is 13.5 Å². The normalized spacial score (nSPS) is 17.1. The minimum absolute atomic E-state index is 0.0784. The van der Waals surface area contributed by atoms with Crippen molar-refractivity contribution in [1.29, 1.82) is 0 Å². The summed E-state index contributed by atoms with van der Waals surface area (Å²) in [6, 6.07) is 4.82. The van der Waals surface area contributed by atoms with Gasteiger partial charge in [0.2, 0.25) is 5.91 Å². The number of benzene rings is 1. The predicted molar refractivity (Wildman–Crippen MR) is 119 cm³/mol. The summed E-state index contributed by atoms with van der Waals surface area (Å²) < 4.78 is 20.4. The lowest BCUT2D eigenvalue weighted by molar-refractivity contribution is -0.128. The number of nitrogens with zero attached hydrogens (tertiary/aromatic N) is 2. The average Bonchev–Trinajstić information content (AvgIpc) is 2.65. The molecule has 1 aliphatic rings. The molecule has 0 aromatic heterocycles. The Morgan fingerprint density at radius 1 is 1.31 bits per heavy atom. The molecular formula is C21H28Cl2N2O3S. The highest BCUT2D eigenvalue weighted by molar-refractivity contribution is 7.83. The van der Waals surface area contributed by atoms with Crippen molar-refractivity contribution in [2.45, 2.75) is 50.5 Å². The molecule has 8 heteroatoms. The van der Waals surface area contributed by atoms with Crippen LogP contribution in [0, 0.1) is 0 Å². The van der Waals surface area contributed by atoms with Gasteiger partial charge in [-0.05, 0) is 31.0 Å². The Bertz CT molecular complexity index is 793. The number of hydrogen-bond donors (Lipinski definition) is 0. The number of hydrogen-bond acceptors (Lipinski definition) is 3. The molecule has 1 aromatic carbocycles. The van der Waals surface area contributed by atoms with Gasteiger partial charge in [-0.2, -0.15) is 0 Å². The molecule has 5 nitrogen and oxygen atoms in total. The second kappa shape index (κ2) is 11.2. The van der Waals surface area contributed by atoms with E-state index in [0.29, 0.717) is 40.3 Å². The second-order valence-electron chi connectivity index (χ2n) is 6.84. The Morgan fingerprint density at radius 2 is 1.97 bits per heavy atom. The third kappa shape index (κ3) is 5.63. The summed E-state index contributed by atoms with van der Waals surface area (Å²) in [6.45, 7) is 8.57. The van der Waals surface area contributed by atoms with E-state index >= 15 is 0 Å². The maximum Gasteiger partial charge on any atom is 0.224 e. The molecule has 0 saturated heterocycles. The SMILES string of the molecule is C=CC1=C(N(CCCOC)C(C)=O)N(S(=O)c2cc(Cl)cc(Cl)c2)C1CCCC. The van der Waals surface area contributed by atoms with Crippen molar-refractivity contribution >= 4 is 40.1 Å². The number of carbonyl (C=O) groups is 1. The number of rotatable bonds is 11. The fourth-order valence-corrected chi connectivity index (χ4v) is 5.52. The highest BCUT2D eigenvalue weighted by Gasteiger charge is 2.43. The average molecular weight is 459 g/mol. The first-order chi connectivity index (χ1) is 13.8. The van der Waals surface area contributed by atoms with Crippen LogP contribution in [-0.4, -0.2) is 45.6 Å². The molecule has 0 fully saturated rings. The molecule has 0 bridgehead atoms. The standard InChI is InChI=1S/C21H28Cl2N2O3S/c1-5-7-9-20-19(6-2)21(24(15(3)26)10-8-11-28-4)25(20)29(27)18-13-16(22)12-17(23)14-18/h6,12-14,20H,2,5,7-11H2,1,3-4H3. The molecule has 2 atom stereocenters. The molecule has 0 radical (unpaired) electrons. The largest absolute Gasteiger partial charge is 0.385 e. The Balaban J connectivity index is 2.45. The van der Waals surface area contributed by atoms with Crippen LogP contribution in [0.15, 0.2) is 47.1 Å². The summed E-state index contributed by atoms with van der Waals surface area (Å²) in [7, 11) is 0.0673. The van der Waals surface area contributed by atoms with Gasteiger partial charge in [0.05, 0.1) is 10.9 Å². The number of halogens is 2. The summed E-state index contributed by atoms with van der Waals surface area (Å²) >= 11 is 12.3. The molecule has 2 rings (SSSR count). The molecule has 0 N–H and O–H groups in total. The van der Waals surface area contributed by atoms with E-state index in [0.717, 1.165) is 24.8 Å². The Morgan fingerprint density at radius 3 is 2.48 bits per heavy atom. The van der Waals surface area contributed by atoms with E-state index < -0.39 is 11.0 Å². The van der Waals surface area contributed by atoms with Crippen molar-refractivity contribution in [1.82, 2.24) is 9.21 Å². The lowest BCUT2D eigenvalue weighted by Crippen LogP contribution is -2.54. The fourth-order valence-electron chi connectivity index (χ4n) is 3.37. The quantitative estimate of drug-likeness (QED) is 0.429. The van der Waals surface area contributed by atoms with Crippen LogP contribution in [0.1, 0.15) is 39.5 Å². The highest BCUT2D eigenvalue weighted by atomic mass is 35.5. The minimum atomic E-state index is -1.56. The van der Waals surface area contributed by atoms with Crippen molar-refractivity contribution in [2.24, 2.45) is 0 Å². The first kappa shape index (κ1) is 23.9. The zero-order valence-corrected chi connectivity index (χ0v) is 19.4. The number of methoxy groups -OCH3 is 1. The van der Waals surface area contributed by atoms with Gasteiger partial charge in [0, 0.05) is 42.8 Å². The molecule has 1 heterocycles. The van der Waals surface area contributed by atoms with Gasteiger partial charge in [0.25, 0.3) is 0 Å². The first-order valence-corrected chi connectivity index (χ1v) is 11.5. The molecule has 0 aliphatic carbocycles. The molecule has 0 spiro atoms. The number of unbranched alkanes of at least 4 members (excludes halogenated alkanes) is 1. The third-order valence-electron chi connectivity index (χ3n) is 4.74. The van der Waals surface area contributed by atoms with Crippen LogP contribution in [0.4, 0.5) is 0 Å². The fraction of sp³-hybridized carbons (Fsp3) is 0.476. The van der Waals surface area contributed by atoms with E-state index in [4.69, 9.17) is 27.9 Å².